The Hall–Kier alpha value is -2.40. The summed E-state index contributed by atoms with van der Waals surface area (Å²) in [4.78, 5) is 23.8. The van der Waals surface area contributed by atoms with Crippen molar-refractivity contribution in [2.24, 2.45) is 0 Å². The van der Waals surface area contributed by atoms with Crippen molar-refractivity contribution in [1.29, 1.82) is 0 Å². The quantitative estimate of drug-likeness (QED) is 0.814. The molecule has 0 saturated carbocycles. The summed E-state index contributed by atoms with van der Waals surface area (Å²) in [5.41, 5.74) is 0.989. The van der Waals surface area contributed by atoms with Gasteiger partial charge in [0.25, 0.3) is 5.91 Å². The first kappa shape index (κ1) is 17.9. The molecule has 1 N–H and O–H groups in total. The fourth-order valence-electron chi connectivity index (χ4n) is 2.06. The number of esters is 1. The average Bonchev–Trinajstić information content (AvgIpc) is 2.56. The number of rotatable bonds is 6. The second-order valence-corrected chi connectivity index (χ2v) is 5.62. The van der Waals surface area contributed by atoms with E-state index in [4.69, 9.17) is 16.3 Å². The lowest BCUT2D eigenvalue weighted by atomic mass is 10.1. The van der Waals surface area contributed by atoms with Gasteiger partial charge in [-0.05, 0) is 30.2 Å². The molecule has 0 spiro atoms. The molecule has 0 heterocycles. The Kier molecular flexibility index (Phi) is 6.32. The summed E-state index contributed by atoms with van der Waals surface area (Å²) in [6, 6.07) is 13.0. The molecule has 6 heteroatoms. The van der Waals surface area contributed by atoms with Gasteiger partial charge in [0, 0.05) is 11.6 Å². The molecule has 2 rings (SSSR count). The fourth-order valence-corrected chi connectivity index (χ4v) is 2.26. The third kappa shape index (κ3) is 5.06. The van der Waals surface area contributed by atoms with Gasteiger partial charge in [0.05, 0.1) is 6.42 Å². The van der Waals surface area contributed by atoms with Crippen LogP contribution in [0.5, 0.6) is 0 Å². The predicted molar refractivity (Wildman–Crippen MR) is 89.0 cm³/mol. The van der Waals surface area contributed by atoms with Crippen molar-refractivity contribution in [1.82, 2.24) is 5.32 Å². The number of amides is 1. The molecule has 0 saturated heterocycles. The summed E-state index contributed by atoms with van der Waals surface area (Å²) in [6.45, 7) is 1.69. The molecular weight excluding hydrogens is 333 g/mol. The molecule has 0 aliphatic heterocycles. The van der Waals surface area contributed by atoms with Gasteiger partial charge < -0.3 is 10.1 Å². The number of carbonyl (C=O) groups excluding carboxylic acids is 2. The predicted octanol–water partition coefficient (Wildman–Crippen LogP) is 3.27. The molecule has 24 heavy (non-hydrogen) atoms. The maximum absolute atomic E-state index is 13.5. The lowest BCUT2D eigenvalue weighted by Gasteiger charge is -2.14. The molecular formula is C18H17ClFNO3. The molecule has 1 amide bonds. The SMILES string of the molecule is C[C@@H](OC(=O)Cc1ccccc1F)C(=O)NCc1ccccc1Cl. The minimum Gasteiger partial charge on any atom is -0.452 e. The lowest BCUT2D eigenvalue weighted by Crippen LogP contribution is -2.35. The van der Waals surface area contributed by atoms with Crippen LogP contribution in [0.4, 0.5) is 4.39 Å². The first-order chi connectivity index (χ1) is 11.5. The van der Waals surface area contributed by atoms with Crippen LogP contribution in [0.3, 0.4) is 0 Å². The fraction of sp³-hybridized carbons (Fsp3) is 0.222. The summed E-state index contributed by atoms with van der Waals surface area (Å²) in [7, 11) is 0. The molecule has 2 aromatic rings. The van der Waals surface area contributed by atoms with Crippen molar-refractivity contribution in [2.45, 2.75) is 26.0 Å². The standard InChI is InChI=1S/C18H17ClFNO3/c1-12(18(23)21-11-14-7-2-4-8-15(14)19)24-17(22)10-13-6-3-5-9-16(13)20/h2-9,12H,10-11H2,1H3,(H,21,23)/t12-/m1/s1. The van der Waals surface area contributed by atoms with E-state index in [0.29, 0.717) is 5.02 Å². The molecule has 0 unspecified atom stereocenters. The van der Waals surface area contributed by atoms with Crippen molar-refractivity contribution < 1.29 is 18.7 Å². The lowest BCUT2D eigenvalue weighted by molar-refractivity contribution is -0.154. The summed E-state index contributed by atoms with van der Waals surface area (Å²) in [5.74, 6) is -1.59. The zero-order chi connectivity index (χ0) is 17.5. The minimum absolute atomic E-state index is 0.227. The van der Waals surface area contributed by atoms with E-state index in [0.717, 1.165) is 5.56 Å². The number of ether oxygens (including phenoxy) is 1. The van der Waals surface area contributed by atoms with E-state index in [1.165, 1.54) is 25.1 Å². The van der Waals surface area contributed by atoms with E-state index >= 15 is 0 Å². The van der Waals surface area contributed by atoms with Crippen LogP contribution in [0.15, 0.2) is 48.5 Å². The minimum atomic E-state index is -0.980. The Morgan fingerprint density at radius 2 is 1.75 bits per heavy atom. The van der Waals surface area contributed by atoms with Crippen molar-refractivity contribution in [3.63, 3.8) is 0 Å². The Morgan fingerprint density at radius 3 is 2.42 bits per heavy atom. The number of halogens is 2. The van der Waals surface area contributed by atoms with Crippen LogP contribution in [-0.4, -0.2) is 18.0 Å². The highest BCUT2D eigenvalue weighted by atomic mass is 35.5. The van der Waals surface area contributed by atoms with E-state index < -0.39 is 23.8 Å². The first-order valence-corrected chi connectivity index (χ1v) is 7.79. The van der Waals surface area contributed by atoms with E-state index in [2.05, 4.69) is 5.32 Å². The molecule has 4 nitrogen and oxygen atoms in total. The van der Waals surface area contributed by atoms with E-state index in [9.17, 15) is 14.0 Å². The van der Waals surface area contributed by atoms with Crippen LogP contribution in [0.1, 0.15) is 18.1 Å². The third-order valence-corrected chi connectivity index (χ3v) is 3.75. The van der Waals surface area contributed by atoms with E-state index in [1.807, 2.05) is 6.07 Å². The number of nitrogens with one attached hydrogen (secondary N) is 1. The molecule has 0 aromatic heterocycles. The second kappa shape index (κ2) is 8.45. The van der Waals surface area contributed by atoms with Crippen molar-refractivity contribution in [3.05, 3.63) is 70.5 Å². The third-order valence-electron chi connectivity index (χ3n) is 3.38. The van der Waals surface area contributed by atoms with Gasteiger partial charge in [-0.25, -0.2) is 4.39 Å². The molecule has 0 radical (unpaired) electrons. The number of hydrogen-bond acceptors (Lipinski definition) is 3. The summed E-state index contributed by atoms with van der Waals surface area (Å²) in [5, 5.41) is 3.19. The molecule has 2 aromatic carbocycles. The van der Waals surface area contributed by atoms with Gasteiger partial charge in [0.15, 0.2) is 6.10 Å². The second-order valence-electron chi connectivity index (χ2n) is 5.21. The molecule has 0 fully saturated rings. The molecule has 126 valence electrons. The zero-order valence-electron chi connectivity index (χ0n) is 13.1. The summed E-state index contributed by atoms with van der Waals surface area (Å²) >= 11 is 6.00. The number of carbonyl (C=O) groups is 2. The van der Waals surface area contributed by atoms with Crippen molar-refractivity contribution in [2.75, 3.05) is 0 Å². The van der Waals surface area contributed by atoms with Crippen LogP contribution >= 0.6 is 11.6 Å². The molecule has 0 aliphatic carbocycles. The van der Waals surface area contributed by atoms with Crippen LogP contribution in [0.2, 0.25) is 5.02 Å². The highest BCUT2D eigenvalue weighted by molar-refractivity contribution is 6.31. The smallest absolute Gasteiger partial charge is 0.311 e. The van der Waals surface area contributed by atoms with Gasteiger partial charge in [-0.2, -0.15) is 0 Å². The maximum Gasteiger partial charge on any atom is 0.311 e. The average molecular weight is 350 g/mol. The van der Waals surface area contributed by atoms with Crippen LogP contribution < -0.4 is 5.32 Å². The number of benzene rings is 2. The van der Waals surface area contributed by atoms with Gasteiger partial charge in [-0.1, -0.05) is 48.0 Å². The van der Waals surface area contributed by atoms with Gasteiger partial charge in [0.1, 0.15) is 5.82 Å². The van der Waals surface area contributed by atoms with Gasteiger partial charge >= 0.3 is 5.97 Å². The maximum atomic E-state index is 13.5. The zero-order valence-corrected chi connectivity index (χ0v) is 13.8. The van der Waals surface area contributed by atoms with Gasteiger partial charge in [-0.15, -0.1) is 0 Å². The molecule has 0 bridgehead atoms. The van der Waals surface area contributed by atoms with Crippen LogP contribution in [0, 0.1) is 5.82 Å². The van der Waals surface area contributed by atoms with Gasteiger partial charge in [0.2, 0.25) is 0 Å². The highest BCUT2D eigenvalue weighted by Gasteiger charge is 2.18. The van der Waals surface area contributed by atoms with E-state index in [-0.39, 0.29) is 18.5 Å². The van der Waals surface area contributed by atoms with Crippen molar-refractivity contribution >= 4 is 23.5 Å². The Labute approximate surface area is 144 Å². The monoisotopic (exact) mass is 349 g/mol. The largest absolute Gasteiger partial charge is 0.452 e. The Balaban J connectivity index is 1.84. The van der Waals surface area contributed by atoms with E-state index in [1.54, 1.807) is 24.3 Å². The summed E-state index contributed by atoms with van der Waals surface area (Å²) in [6.07, 6.45) is -1.21. The normalized spacial score (nSPS) is 11.6. The van der Waals surface area contributed by atoms with Crippen LogP contribution in [-0.2, 0) is 27.3 Å². The molecule has 0 aliphatic rings. The first-order valence-electron chi connectivity index (χ1n) is 7.41. The highest BCUT2D eigenvalue weighted by Crippen LogP contribution is 2.14. The number of hydrogen-bond donors (Lipinski definition) is 1. The Bertz CT molecular complexity index is 736. The summed E-state index contributed by atoms with van der Waals surface area (Å²) < 4.78 is 18.5. The van der Waals surface area contributed by atoms with Crippen LogP contribution in [0.25, 0.3) is 0 Å². The molecule has 1 atom stereocenters. The van der Waals surface area contributed by atoms with Gasteiger partial charge in [-0.3, -0.25) is 9.59 Å². The topological polar surface area (TPSA) is 55.4 Å². The Morgan fingerprint density at radius 1 is 1.12 bits per heavy atom. The van der Waals surface area contributed by atoms with Crippen molar-refractivity contribution in [3.8, 4) is 0 Å².